The zero-order valence-electron chi connectivity index (χ0n) is 17.8. The Morgan fingerprint density at radius 2 is 1.94 bits per heavy atom. The average molecular weight is 417 g/mol. The van der Waals surface area contributed by atoms with E-state index in [0.29, 0.717) is 23.4 Å². The smallest absolute Gasteiger partial charge is 0.269 e. The topological polar surface area (TPSA) is 62.5 Å². The second kappa shape index (κ2) is 8.65. The van der Waals surface area contributed by atoms with E-state index in [1.807, 2.05) is 49.5 Å². The van der Waals surface area contributed by atoms with Gasteiger partial charge in [-0.2, -0.15) is 0 Å². The van der Waals surface area contributed by atoms with Crippen LogP contribution in [0.2, 0.25) is 0 Å². The van der Waals surface area contributed by atoms with Crippen molar-refractivity contribution in [3.63, 3.8) is 0 Å². The van der Waals surface area contributed by atoms with Crippen LogP contribution in [0.3, 0.4) is 0 Å². The molecule has 1 amide bonds. The van der Waals surface area contributed by atoms with Crippen LogP contribution in [0.5, 0.6) is 0 Å². The third-order valence-corrected chi connectivity index (χ3v) is 5.13. The van der Waals surface area contributed by atoms with Gasteiger partial charge in [-0.05, 0) is 63.0 Å². The van der Waals surface area contributed by atoms with Crippen molar-refractivity contribution >= 4 is 11.6 Å². The molecule has 0 radical (unpaired) electrons. The first-order valence-corrected chi connectivity index (χ1v) is 10.1. The third-order valence-electron chi connectivity index (χ3n) is 5.13. The van der Waals surface area contributed by atoms with Crippen molar-refractivity contribution in [3.05, 3.63) is 78.1 Å². The molecule has 158 valence electrons. The van der Waals surface area contributed by atoms with Gasteiger partial charge < -0.3 is 10.2 Å². The predicted octanol–water partition coefficient (Wildman–Crippen LogP) is 3.80. The molecule has 0 fully saturated rings. The number of rotatable bonds is 6. The number of aryl methyl sites for hydroxylation is 1. The first-order chi connectivity index (χ1) is 14.9. The summed E-state index contributed by atoms with van der Waals surface area (Å²) in [5, 5.41) is 2.93. The van der Waals surface area contributed by atoms with Crippen LogP contribution in [0.4, 0.5) is 4.39 Å². The number of halogens is 1. The number of amides is 1. The van der Waals surface area contributed by atoms with Crippen molar-refractivity contribution in [1.82, 2.24) is 24.6 Å². The van der Waals surface area contributed by atoms with Crippen molar-refractivity contribution in [2.45, 2.75) is 6.92 Å². The number of nitrogens with one attached hydrogen (secondary N) is 1. The molecule has 31 heavy (non-hydrogen) atoms. The van der Waals surface area contributed by atoms with E-state index in [2.05, 4.69) is 15.3 Å². The number of nitrogens with zero attached hydrogens (tertiary/aromatic N) is 4. The van der Waals surface area contributed by atoms with Crippen LogP contribution in [0.1, 0.15) is 16.1 Å². The van der Waals surface area contributed by atoms with Gasteiger partial charge >= 0.3 is 0 Å². The molecule has 0 saturated heterocycles. The van der Waals surface area contributed by atoms with Crippen molar-refractivity contribution < 1.29 is 9.18 Å². The van der Waals surface area contributed by atoms with Gasteiger partial charge in [-0.15, -0.1) is 0 Å². The molecule has 0 bridgehead atoms. The minimum absolute atomic E-state index is 0.174. The fraction of sp³-hybridized carbons (Fsp3) is 0.208. The fourth-order valence-electron chi connectivity index (χ4n) is 3.45. The van der Waals surface area contributed by atoms with E-state index in [0.717, 1.165) is 28.9 Å². The highest BCUT2D eigenvalue weighted by atomic mass is 19.1. The van der Waals surface area contributed by atoms with Gasteiger partial charge in [0.2, 0.25) is 0 Å². The number of hydrogen-bond acceptors (Lipinski definition) is 4. The van der Waals surface area contributed by atoms with Gasteiger partial charge in [0.25, 0.3) is 5.91 Å². The molecule has 7 heteroatoms. The lowest BCUT2D eigenvalue weighted by molar-refractivity contribution is 0.0945. The van der Waals surface area contributed by atoms with Gasteiger partial charge in [0.1, 0.15) is 17.2 Å². The molecule has 0 aliphatic carbocycles. The summed E-state index contributed by atoms with van der Waals surface area (Å²) in [6.07, 6.45) is 5.19. The summed E-state index contributed by atoms with van der Waals surface area (Å²) in [7, 11) is 3.92. The van der Waals surface area contributed by atoms with Crippen LogP contribution in [0, 0.1) is 12.7 Å². The molecule has 4 rings (SSSR count). The van der Waals surface area contributed by atoms with Crippen LogP contribution < -0.4 is 5.32 Å². The van der Waals surface area contributed by atoms with Crippen molar-refractivity contribution in [3.8, 4) is 22.4 Å². The molecule has 3 heterocycles. The second-order valence-corrected chi connectivity index (χ2v) is 7.71. The zero-order valence-corrected chi connectivity index (χ0v) is 17.8. The largest absolute Gasteiger partial charge is 0.349 e. The summed E-state index contributed by atoms with van der Waals surface area (Å²) in [5.74, 6) is -0.418. The third kappa shape index (κ3) is 4.32. The number of carbonyl (C=O) groups is 1. The standard InChI is InChI=1S/C24H24FN5O/c1-16-13-17(6-8-20(16)25)23-19(5-4-10-26-23)18-7-9-22-28-14-21(30(22)15-18)24(31)27-11-12-29(2)3/h4-10,13-15H,11-12H2,1-3H3,(H,27,31). The molecule has 1 N–H and O–H groups in total. The van der Waals surface area contributed by atoms with Gasteiger partial charge in [0.05, 0.1) is 11.9 Å². The van der Waals surface area contributed by atoms with Crippen molar-refractivity contribution in [2.75, 3.05) is 27.2 Å². The molecule has 0 aliphatic heterocycles. The van der Waals surface area contributed by atoms with Crippen LogP contribution in [0.15, 0.2) is 61.1 Å². The highest BCUT2D eigenvalue weighted by Gasteiger charge is 2.15. The SMILES string of the molecule is Cc1cc(-c2ncccc2-c2ccc3ncc(C(=O)NCCN(C)C)n3c2)ccc1F. The molecule has 3 aromatic heterocycles. The highest BCUT2D eigenvalue weighted by molar-refractivity contribution is 5.93. The van der Waals surface area contributed by atoms with E-state index in [-0.39, 0.29) is 11.7 Å². The molecule has 0 unspecified atom stereocenters. The lowest BCUT2D eigenvalue weighted by atomic mass is 9.99. The van der Waals surface area contributed by atoms with E-state index < -0.39 is 0 Å². The Bertz CT molecular complexity index is 1250. The highest BCUT2D eigenvalue weighted by Crippen LogP contribution is 2.31. The summed E-state index contributed by atoms with van der Waals surface area (Å²) in [4.78, 5) is 23.6. The molecule has 4 aromatic rings. The van der Waals surface area contributed by atoms with Gasteiger partial charge in [0, 0.05) is 42.2 Å². The maximum atomic E-state index is 13.8. The second-order valence-electron chi connectivity index (χ2n) is 7.71. The number of fused-ring (bicyclic) bond motifs is 1. The fourth-order valence-corrected chi connectivity index (χ4v) is 3.45. The quantitative estimate of drug-likeness (QED) is 0.518. The molecule has 0 aliphatic rings. The Hall–Kier alpha value is -3.58. The van der Waals surface area contributed by atoms with Crippen LogP contribution in [-0.2, 0) is 0 Å². The summed E-state index contributed by atoms with van der Waals surface area (Å²) in [6.45, 7) is 3.04. The zero-order chi connectivity index (χ0) is 22.0. The first kappa shape index (κ1) is 20.7. The Balaban J connectivity index is 1.73. The molecule has 0 atom stereocenters. The van der Waals surface area contributed by atoms with E-state index in [4.69, 9.17) is 0 Å². The average Bonchev–Trinajstić information content (AvgIpc) is 3.19. The minimum atomic E-state index is -0.244. The molecule has 0 saturated carbocycles. The summed E-state index contributed by atoms with van der Waals surface area (Å²) in [5.41, 5.74) is 5.09. The van der Waals surface area contributed by atoms with Gasteiger partial charge in [-0.3, -0.25) is 14.2 Å². The molecular formula is C24H24FN5O. The lowest BCUT2D eigenvalue weighted by Crippen LogP contribution is -2.31. The predicted molar refractivity (Wildman–Crippen MR) is 119 cm³/mol. The van der Waals surface area contributed by atoms with Crippen molar-refractivity contribution in [1.29, 1.82) is 0 Å². The van der Waals surface area contributed by atoms with Crippen LogP contribution in [-0.4, -0.2) is 52.4 Å². The number of imidazole rings is 1. The van der Waals surface area contributed by atoms with Gasteiger partial charge in [-0.25, -0.2) is 9.37 Å². The summed E-state index contributed by atoms with van der Waals surface area (Å²) >= 11 is 0. The Morgan fingerprint density at radius 3 is 2.71 bits per heavy atom. The molecular weight excluding hydrogens is 393 g/mol. The Morgan fingerprint density at radius 1 is 1.13 bits per heavy atom. The number of pyridine rings is 2. The molecule has 0 spiro atoms. The number of benzene rings is 1. The molecule has 1 aromatic carbocycles. The van der Waals surface area contributed by atoms with E-state index in [9.17, 15) is 9.18 Å². The van der Waals surface area contributed by atoms with E-state index >= 15 is 0 Å². The summed E-state index contributed by atoms with van der Waals surface area (Å²) < 4.78 is 15.5. The van der Waals surface area contributed by atoms with E-state index in [1.165, 1.54) is 6.07 Å². The van der Waals surface area contributed by atoms with Gasteiger partial charge in [0.15, 0.2) is 0 Å². The van der Waals surface area contributed by atoms with E-state index in [1.54, 1.807) is 35.9 Å². The van der Waals surface area contributed by atoms with Gasteiger partial charge in [-0.1, -0.05) is 6.07 Å². The maximum Gasteiger partial charge on any atom is 0.269 e. The first-order valence-electron chi connectivity index (χ1n) is 10.1. The Kier molecular flexibility index (Phi) is 5.77. The maximum absolute atomic E-state index is 13.8. The summed E-state index contributed by atoms with van der Waals surface area (Å²) in [6, 6.07) is 12.6. The number of likely N-dealkylation sites (N-methyl/N-ethyl adjacent to an activating group) is 1. The lowest BCUT2D eigenvalue weighted by Gasteiger charge is -2.12. The number of hydrogen-bond donors (Lipinski definition) is 1. The van der Waals surface area contributed by atoms with Crippen LogP contribution >= 0.6 is 0 Å². The van der Waals surface area contributed by atoms with Crippen LogP contribution in [0.25, 0.3) is 28.0 Å². The molecule has 6 nitrogen and oxygen atoms in total. The number of aromatic nitrogens is 3. The minimum Gasteiger partial charge on any atom is -0.349 e. The normalized spacial score (nSPS) is 11.3. The van der Waals surface area contributed by atoms with Crippen molar-refractivity contribution in [2.24, 2.45) is 0 Å². The number of carbonyl (C=O) groups excluding carboxylic acids is 1. The Labute approximate surface area is 180 Å². The monoisotopic (exact) mass is 417 g/mol.